The summed E-state index contributed by atoms with van der Waals surface area (Å²) in [6.07, 6.45) is 0. The van der Waals surface area contributed by atoms with Crippen LogP contribution in [0.5, 0.6) is 11.5 Å². The molecule has 154 valence electrons. The van der Waals surface area contributed by atoms with Crippen LogP contribution in [0.1, 0.15) is 18.9 Å². The minimum Gasteiger partial charge on any atom is -0.497 e. The molecule has 0 unspecified atom stereocenters. The van der Waals surface area contributed by atoms with Gasteiger partial charge in [0.1, 0.15) is 18.1 Å². The van der Waals surface area contributed by atoms with Crippen molar-refractivity contribution in [2.24, 2.45) is 0 Å². The van der Waals surface area contributed by atoms with E-state index in [-0.39, 0.29) is 6.04 Å². The highest BCUT2D eigenvalue weighted by Gasteiger charge is 2.26. The molecule has 0 radical (unpaired) electrons. The Balaban J connectivity index is 1.21. The average Bonchev–Trinajstić information content (AvgIpc) is 3.46. The SMILES string of the molecule is COc1ccc(OCCN2CCN([C@H](C)c3nc(-c4cccs4)no3)CC2)cc1. The predicted octanol–water partition coefficient (Wildman–Crippen LogP) is 3.56. The van der Waals surface area contributed by atoms with Gasteiger partial charge in [0.25, 0.3) is 0 Å². The van der Waals surface area contributed by atoms with Crippen molar-refractivity contribution in [3.05, 3.63) is 47.7 Å². The summed E-state index contributed by atoms with van der Waals surface area (Å²) in [5.41, 5.74) is 0. The van der Waals surface area contributed by atoms with Crippen LogP contribution in [-0.2, 0) is 0 Å². The fourth-order valence-corrected chi connectivity index (χ4v) is 4.05. The molecule has 1 atom stereocenters. The summed E-state index contributed by atoms with van der Waals surface area (Å²) in [5, 5.41) is 6.15. The first kappa shape index (κ1) is 19.9. The molecular formula is C21H26N4O3S. The van der Waals surface area contributed by atoms with Crippen molar-refractivity contribution >= 4 is 11.3 Å². The van der Waals surface area contributed by atoms with Gasteiger partial charge in [-0.1, -0.05) is 11.2 Å². The van der Waals surface area contributed by atoms with Gasteiger partial charge in [-0.2, -0.15) is 4.98 Å². The number of piperazine rings is 1. The van der Waals surface area contributed by atoms with E-state index >= 15 is 0 Å². The number of thiophene rings is 1. The molecule has 0 amide bonds. The van der Waals surface area contributed by atoms with Crippen molar-refractivity contribution in [3.8, 4) is 22.2 Å². The molecule has 0 aliphatic carbocycles. The van der Waals surface area contributed by atoms with E-state index in [0.29, 0.717) is 18.3 Å². The van der Waals surface area contributed by atoms with Crippen LogP contribution in [0.2, 0.25) is 0 Å². The van der Waals surface area contributed by atoms with Crippen LogP contribution < -0.4 is 9.47 Å². The molecule has 0 bridgehead atoms. The van der Waals surface area contributed by atoms with Gasteiger partial charge in [0.15, 0.2) is 0 Å². The smallest absolute Gasteiger partial charge is 0.244 e. The Morgan fingerprint density at radius 1 is 1.10 bits per heavy atom. The van der Waals surface area contributed by atoms with E-state index in [4.69, 9.17) is 14.0 Å². The van der Waals surface area contributed by atoms with Crippen LogP contribution in [0.3, 0.4) is 0 Å². The van der Waals surface area contributed by atoms with Crippen molar-refractivity contribution in [2.75, 3.05) is 46.4 Å². The van der Waals surface area contributed by atoms with E-state index < -0.39 is 0 Å². The van der Waals surface area contributed by atoms with E-state index in [2.05, 4.69) is 26.9 Å². The van der Waals surface area contributed by atoms with Crippen LogP contribution in [0, 0.1) is 0 Å². The van der Waals surface area contributed by atoms with Gasteiger partial charge < -0.3 is 14.0 Å². The molecule has 0 spiro atoms. The van der Waals surface area contributed by atoms with Gasteiger partial charge in [0.2, 0.25) is 11.7 Å². The number of rotatable bonds is 8. The third-order valence-corrected chi connectivity index (χ3v) is 6.10. The zero-order valence-corrected chi connectivity index (χ0v) is 17.6. The summed E-state index contributed by atoms with van der Waals surface area (Å²) in [7, 11) is 1.66. The number of aromatic nitrogens is 2. The van der Waals surface area contributed by atoms with Crippen LogP contribution in [0.4, 0.5) is 0 Å². The molecule has 29 heavy (non-hydrogen) atoms. The predicted molar refractivity (Wildman–Crippen MR) is 113 cm³/mol. The van der Waals surface area contributed by atoms with Crippen molar-refractivity contribution in [2.45, 2.75) is 13.0 Å². The summed E-state index contributed by atoms with van der Waals surface area (Å²) < 4.78 is 16.5. The first-order valence-electron chi connectivity index (χ1n) is 9.83. The van der Waals surface area contributed by atoms with Crippen molar-refractivity contribution < 1.29 is 14.0 Å². The van der Waals surface area contributed by atoms with Gasteiger partial charge in [-0.05, 0) is 42.6 Å². The molecule has 1 saturated heterocycles. The highest BCUT2D eigenvalue weighted by molar-refractivity contribution is 7.13. The van der Waals surface area contributed by atoms with Crippen molar-refractivity contribution in [3.63, 3.8) is 0 Å². The molecule has 1 aliphatic heterocycles. The third kappa shape index (κ3) is 4.95. The Kier molecular flexibility index (Phi) is 6.43. The van der Waals surface area contributed by atoms with E-state index in [0.717, 1.165) is 49.1 Å². The number of benzene rings is 1. The van der Waals surface area contributed by atoms with Gasteiger partial charge >= 0.3 is 0 Å². The average molecular weight is 415 g/mol. The first-order valence-corrected chi connectivity index (χ1v) is 10.7. The molecular weight excluding hydrogens is 388 g/mol. The monoisotopic (exact) mass is 414 g/mol. The maximum absolute atomic E-state index is 5.85. The Hall–Kier alpha value is -2.42. The number of hydrogen-bond acceptors (Lipinski definition) is 8. The maximum Gasteiger partial charge on any atom is 0.244 e. The molecule has 2 aromatic heterocycles. The zero-order valence-electron chi connectivity index (χ0n) is 16.8. The zero-order chi connectivity index (χ0) is 20.1. The molecule has 7 nitrogen and oxygen atoms in total. The Labute approximate surface area is 174 Å². The summed E-state index contributed by atoms with van der Waals surface area (Å²) in [6.45, 7) is 7.67. The minimum atomic E-state index is 0.119. The largest absolute Gasteiger partial charge is 0.497 e. The second kappa shape index (κ2) is 9.39. The number of hydrogen-bond donors (Lipinski definition) is 0. The minimum absolute atomic E-state index is 0.119. The van der Waals surface area contributed by atoms with Crippen LogP contribution in [0.15, 0.2) is 46.3 Å². The molecule has 8 heteroatoms. The van der Waals surface area contributed by atoms with Crippen LogP contribution >= 0.6 is 11.3 Å². The van der Waals surface area contributed by atoms with Gasteiger partial charge in [-0.25, -0.2) is 0 Å². The molecule has 3 heterocycles. The normalized spacial score (nSPS) is 16.6. The lowest BCUT2D eigenvalue weighted by molar-refractivity contribution is 0.0800. The summed E-state index contributed by atoms with van der Waals surface area (Å²) in [4.78, 5) is 10.5. The topological polar surface area (TPSA) is 63.9 Å². The van der Waals surface area contributed by atoms with Crippen molar-refractivity contribution in [1.29, 1.82) is 0 Å². The molecule has 0 N–H and O–H groups in total. The highest BCUT2D eigenvalue weighted by atomic mass is 32.1. The molecule has 1 fully saturated rings. The standard InChI is InChI=1S/C21H26N4O3S/c1-16(21-22-20(23-28-21)19-4-3-15-29-19)25-11-9-24(10-12-25)13-14-27-18-7-5-17(26-2)6-8-18/h3-8,15-16H,9-14H2,1-2H3/t16-/m1/s1. The van der Waals surface area contributed by atoms with Gasteiger partial charge in [0, 0.05) is 32.7 Å². The molecule has 4 rings (SSSR count). The van der Waals surface area contributed by atoms with Gasteiger partial charge in [0.05, 0.1) is 18.0 Å². The van der Waals surface area contributed by atoms with E-state index in [1.807, 2.05) is 41.8 Å². The number of ether oxygens (including phenoxy) is 2. The number of nitrogens with zero attached hydrogens (tertiary/aromatic N) is 4. The first-order chi connectivity index (χ1) is 14.2. The van der Waals surface area contributed by atoms with E-state index in [9.17, 15) is 0 Å². The van der Waals surface area contributed by atoms with Crippen LogP contribution in [-0.4, -0.2) is 66.4 Å². The van der Waals surface area contributed by atoms with E-state index in [1.165, 1.54) is 0 Å². The second-order valence-electron chi connectivity index (χ2n) is 7.01. The lowest BCUT2D eigenvalue weighted by atomic mass is 10.2. The fourth-order valence-electron chi connectivity index (χ4n) is 3.41. The fraction of sp³-hybridized carbons (Fsp3) is 0.429. The van der Waals surface area contributed by atoms with Gasteiger partial charge in [-0.3, -0.25) is 9.80 Å². The Bertz CT molecular complexity index is 874. The third-order valence-electron chi connectivity index (χ3n) is 5.23. The molecule has 3 aromatic rings. The second-order valence-corrected chi connectivity index (χ2v) is 7.96. The lowest BCUT2D eigenvalue weighted by Gasteiger charge is -2.36. The lowest BCUT2D eigenvalue weighted by Crippen LogP contribution is -2.48. The quantitative estimate of drug-likeness (QED) is 0.558. The maximum atomic E-state index is 5.85. The van der Waals surface area contributed by atoms with E-state index in [1.54, 1.807) is 18.4 Å². The summed E-state index contributed by atoms with van der Waals surface area (Å²) >= 11 is 1.62. The Morgan fingerprint density at radius 3 is 2.55 bits per heavy atom. The highest BCUT2D eigenvalue weighted by Crippen LogP contribution is 2.26. The summed E-state index contributed by atoms with van der Waals surface area (Å²) in [6, 6.07) is 11.8. The summed E-state index contributed by atoms with van der Waals surface area (Å²) in [5.74, 6) is 3.07. The van der Waals surface area contributed by atoms with Crippen molar-refractivity contribution in [1.82, 2.24) is 19.9 Å². The molecule has 1 aliphatic rings. The Morgan fingerprint density at radius 2 is 1.86 bits per heavy atom. The number of methoxy groups -OCH3 is 1. The van der Waals surface area contributed by atoms with Gasteiger partial charge in [-0.15, -0.1) is 11.3 Å². The van der Waals surface area contributed by atoms with Crippen LogP contribution in [0.25, 0.3) is 10.7 Å². The molecule has 0 saturated carbocycles. The molecule has 1 aromatic carbocycles.